The summed E-state index contributed by atoms with van der Waals surface area (Å²) < 4.78 is 0. The summed E-state index contributed by atoms with van der Waals surface area (Å²) >= 11 is 0. The topological polar surface area (TPSA) is 29.0 Å². The van der Waals surface area contributed by atoms with Gasteiger partial charge in [-0.25, -0.2) is 9.97 Å². The van der Waals surface area contributed by atoms with E-state index in [1.54, 1.807) is 0 Å². The van der Waals surface area contributed by atoms with E-state index in [1.807, 2.05) is 12.1 Å². The summed E-state index contributed by atoms with van der Waals surface area (Å²) in [6.45, 7) is 4.71. The quantitative estimate of drug-likeness (QED) is 0.192. The molecule has 1 aliphatic heterocycles. The van der Waals surface area contributed by atoms with E-state index in [0.717, 1.165) is 50.7 Å². The van der Waals surface area contributed by atoms with Crippen molar-refractivity contribution in [3.8, 4) is 56.2 Å². The van der Waals surface area contributed by atoms with Crippen LogP contribution in [0.25, 0.3) is 66.9 Å². The zero-order valence-electron chi connectivity index (χ0n) is 27.9. The lowest BCUT2D eigenvalue weighted by molar-refractivity contribution is 0.660. The summed E-state index contributed by atoms with van der Waals surface area (Å²) in [6.07, 6.45) is 0. The Hall–Kier alpha value is -6.32. The fraction of sp³-hybridized carbons (Fsp3) is 0.0638. The maximum absolute atomic E-state index is 5.24. The lowest BCUT2D eigenvalue weighted by Gasteiger charge is -2.36. The molecule has 0 bridgehead atoms. The fourth-order valence-corrected chi connectivity index (χ4v) is 8.27. The molecule has 2 aliphatic rings. The van der Waals surface area contributed by atoms with Crippen LogP contribution in [0.15, 0.2) is 164 Å². The maximum Gasteiger partial charge on any atom is 0.161 e. The normalized spacial score (nSPS) is 13.5. The van der Waals surface area contributed by atoms with Crippen molar-refractivity contribution in [1.82, 2.24) is 9.97 Å². The van der Waals surface area contributed by atoms with Gasteiger partial charge in [0.2, 0.25) is 0 Å². The molecule has 3 nitrogen and oxygen atoms in total. The molecule has 7 aromatic carbocycles. The van der Waals surface area contributed by atoms with Crippen molar-refractivity contribution in [2.75, 3.05) is 4.90 Å². The molecule has 236 valence electrons. The third-order valence-corrected chi connectivity index (χ3v) is 10.6. The molecule has 8 aromatic rings. The standard InChI is InChI=1S/C47H33N3/c1-47(2)38-23-13-12-21-37(38)44-39(47)28-27-35-34-25-26-36(33-22-14-24-42(43(33)34)50(45(35)44)32-19-10-5-11-20-32)46-48-40(30-15-6-3-7-16-30)29-41(49-46)31-17-8-4-9-18-31/h3-29H,1-2H3. The van der Waals surface area contributed by atoms with Gasteiger partial charge in [0.25, 0.3) is 0 Å². The summed E-state index contributed by atoms with van der Waals surface area (Å²) in [5.41, 5.74) is 16.3. The SMILES string of the molecule is CC1(C)c2ccccc2-c2c1ccc1c2N(c2ccccc2)c2cccc3c(-c4nc(-c5ccccc5)cc(-c5ccccc5)n4)ccc-1c23. The minimum atomic E-state index is -0.100. The van der Waals surface area contributed by atoms with Gasteiger partial charge in [0.1, 0.15) is 0 Å². The van der Waals surface area contributed by atoms with E-state index in [0.29, 0.717) is 0 Å². The highest BCUT2D eigenvalue weighted by Gasteiger charge is 2.40. The van der Waals surface area contributed by atoms with Crippen molar-refractivity contribution in [3.05, 3.63) is 175 Å². The van der Waals surface area contributed by atoms with Gasteiger partial charge in [0, 0.05) is 44.3 Å². The minimum absolute atomic E-state index is 0.100. The van der Waals surface area contributed by atoms with Crippen LogP contribution in [0.4, 0.5) is 17.1 Å². The van der Waals surface area contributed by atoms with Gasteiger partial charge >= 0.3 is 0 Å². The van der Waals surface area contributed by atoms with Crippen LogP contribution in [-0.4, -0.2) is 9.97 Å². The Morgan fingerprint density at radius 1 is 0.480 bits per heavy atom. The van der Waals surface area contributed by atoms with Crippen LogP contribution in [-0.2, 0) is 5.41 Å². The lowest BCUT2D eigenvalue weighted by atomic mass is 9.80. The van der Waals surface area contributed by atoms with E-state index in [4.69, 9.17) is 9.97 Å². The first-order valence-corrected chi connectivity index (χ1v) is 17.3. The van der Waals surface area contributed by atoms with E-state index >= 15 is 0 Å². The molecule has 0 amide bonds. The van der Waals surface area contributed by atoms with E-state index in [1.165, 1.54) is 44.5 Å². The Morgan fingerprint density at radius 2 is 1.08 bits per heavy atom. The highest BCUT2D eigenvalue weighted by atomic mass is 15.2. The first-order chi connectivity index (χ1) is 24.6. The fourth-order valence-electron chi connectivity index (χ4n) is 8.27. The Bertz CT molecular complexity index is 2550. The van der Waals surface area contributed by atoms with Crippen molar-refractivity contribution >= 4 is 27.8 Å². The van der Waals surface area contributed by atoms with Gasteiger partial charge in [-0.1, -0.05) is 147 Å². The third kappa shape index (κ3) is 4.17. The largest absolute Gasteiger partial charge is 0.309 e. The number of rotatable bonds is 4. The maximum atomic E-state index is 5.24. The number of hydrogen-bond donors (Lipinski definition) is 0. The third-order valence-electron chi connectivity index (χ3n) is 10.6. The molecule has 0 fully saturated rings. The molecule has 0 saturated carbocycles. The van der Waals surface area contributed by atoms with E-state index in [2.05, 4.69) is 170 Å². The molecule has 50 heavy (non-hydrogen) atoms. The number of nitrogens with zero attached hydrogens (tertiary/aromatic N) is 3. The first kappa shape index (κ1) is 28.7. The summed E-state index contributed by atoms with van der Waals surface area (Å²) in [6, 6.07) is 58.6. The van der Waals surface area contributed by atoms with Crippen LogP contribution in [0.3, 0.4) is 0 Å². The Morgan fingerprint density at radius 3 is 1.78 bits per heavy atom. The summed E-state index contributed by atoms with van der Waals surface area (Å²) in [5, 5.41) is 2.35. The highest BCUT2D eigenvalue weighted by Crippen LogP contribution is 2.60. The van der Waals surface area contributed by atoms with Crippen LogP contribution in [0, 0.1) is 0 Å². The van der Waals surface area contributed by atoms with Crippen molar-refractivity contribution in [1.29, 1.82) is 0 Å². The van der Waals surface area contributed by atoms with Crippen molar-refractivity contribution in [3.63, 3.8) is 0 Å². The zero-order chi connectivity index (χ0) is 33.4. The number of aromatic nitrogens is 2. The molecule has 3 heteroatoms. The van der Waals surface area contributed by atoms with Crippen LogP contribution in [0.2, 0.25) is 0 Å². The van der Waals surface area contributed by atoms with E-state index in [9.17, 15) is 0 Å². The van der Waals surface area contributed by atoms with Crippen LogP contribution in [0.1, 0.15) is 25.0 Å². The Kier molecular flexibility index (Phi) is 6.22. The van der Waals surface area contributed by atoms with Gasteiger partial charge < -0.3 is 4.90 Å². The Labute approximate surface area is 292 Å². The molecule has 10 rings (SSSR count). The van der Waals surface area contributed by atoms with Crippen molar-refractivity contribution in [2.45, 2.75) is 19.3 Å². The van der Waals surface area contributed by atoms with Crippen LogP contribution < -0.4 is 4.90 Å². The molecule has 0 unspecified atom stereocenters. The molecule has 2 heterocycles. The summed E-state index contributed by atoms with van der Waals surface area (Å²) in [5.74, 6) is 0.718. The van der Waals surface area contributed by atoms with Crippen molar-refractivity contribution in [2.24, 2.45) is 0 Å². The van der Waals surface area contributed by atoms with Gasteiger partial charge in [-0.15, -0.1) is 0 Å². The van der Waals surface area contributed by atoms with Gasteiger partial charge in [-0.3, -0.25) is 0 Å². The number of para-hydroxylation sites is 1. The number of hydrogen-bond acceptors (Lipinski definition) is 3. The van der Waals surface area contributed by atoms with Gasteiger partial charge in [-0.05, 0) is 58.0 Å². The molecular formula is C47H33N3. The van der Waals surface area contributed by atoms with Crippen LogP contribution >= 0.6 is 0 Å². The molecule has 0 spiro atoms. The molecular weight excluding hydrogens is 607 g/mol. The van der Waals surface area contributed by atoms with E-state index < -0.39 is 0 Å². The molecule has 0 radical (unpaired) electrons. The molecule has 0 atom stereocenters. The van der Waals surface area contributed by atoms with Gasteiger partial charge in [-0.2, -0.15) is 0 Å². The second-order valence-corrected chi connectivity index (χ2v) is 13.8. The van der Waals surface area contributed by atoms with Gasteiger partial charge in [0.15, 0.2) is 5.82 Å². The summed E-state index contributed by atoms with van der Waals surface area (Å²) in [7, 11) is 0. The number of benzene rings is 7. The van der Waals surface area contributed by atoms with E-state index in [-0.39, 0.29) is 5.41 Å². The monoisotopic (exact) mass is 639 g/mol. The Balaban J connectivity index is 1.27. The average Bonchev–Trinajstić information content (AvgIpc) is 3.42. The minimum Gasteiger partial charge on any atom is -0.309 e. The highest BCUT2D eigenvalue weighted by molar-refractivity contribution is 6.19. The first-order valence-electron chi connectivity index (χ1n) is 17.3. The van der Waals surface area contributed by atoms with Gasteiger partial charge in [0.05, 0.1) is 22.8 Å². The summed E-state index contributed by atoms with van der Waals surface area (Å²) in [4.78, 5) is 13.0. The molecule has 1 aromatic heterocycles. The molecule has 0 N–H and O–H groups in total. The average molecular weight is 640 g/mol. The zero-order valence-corrected chi connectivity index (χ0v) is 27.9. The lowest BCUT2D eigenvalue weighted by Crippen LogP contribution is -2.18. The second-order valence-electron chi connectivity index (χ2n) is 13.8. The number of fused-ring (bicyclic) bond motifs is 6. The van der Waals surface area contributed by atoms with Crippen molar-refractivity contribution < 1.29 is 0 Å². The number of anilines is 3. The second kappa shape index (κ2) is 10.8. The van der Waals surface area contributed by atoms with Crippen LogP contribution in [0.5, 0.6) is 0 Å². The predicted molar refractivity (Wildman–Crippen MR) is 207 cm³/mol. The smallest absolute Gasteiger partial charge is 0.161 e. The predicted octanol–water partition coefficient (Wildman–Crippen LogP) is 12.4. The molecule has 1 aliphatic carbocycles. The molecule has 0 saturated heterocycles.